The normalized spacial score (nSPS) is 10.5. The van der Waals surface area contributed by atoms with Crippen LogP contribution in [0, 0.1) is 0 Å². The molecule has 0 aliphatic rings. The van der Waals surface area contributed by atoms with Crippen LogP contribution in [0.2, 0.25) is 0 Å². The lowest BCUT2D eigenvalue weighted by atomic mass is 10.1. The molecule has 5 nitrogen and oxygen atoms in total. The smallest absolute Gasteiger partial charge is 0.163 e. The third-order valence-corrected chi connectivity index (χ3v) is 3.33. The average molecular weight is 280 g/mol. The average Bonchev–Trinajstić information content (AvgIpc) is 2.93. The summed E-state index contributed by atoms with van der Waals surface area (Å²) in [7, 11) is 1.92. The SMILES string of the molecule is Cn1cnnc1-c1ccc(NCc2ccccc2O)cc1. The molecule has 5 heteroatoms. The van der Waals surface area contributed by atoms with Crippen LogP contribution in [-0.2, 0) is 13.6 Å². The number of hydrogen-bond donors (Lipinski definition) is 2. The summed E-state index contributed by atoms with van der Waals surface area (Å²) < 4.78 is 1.88. The Labute approximate surface area is 122 Å². The highest BCUT2D eigenvalue weighted by Gasteiger charge is 2.04. The second kappa shape index (κ2) is 5.66. The molecule has 0 saturated heterocycles. The monoisotopic (exact) mass is 280 g/mol. The summed E-state index contributed by atoms with van der Waals surface area (Å²) in [6, 6.07) is 15.3. The van der Waals surface area contributed by atoms with E-state index in [4.69, 9.17) is 0 Å². The third-order valence-electron chi connectivity index (χ3n) is 3.33. The van der Waals surface area contributed by atoms with Gasteiger partial charge in [-0.2, -0.15) is 0 Å². The first-order valence-corrected chi connectivity index (χ1v) is 6.69. The largest absolute Gasteiger partial charge is 0.508 e. The van der Waals surface area contributed by atoms with Crippen molar-refractivity contribution < 1.29 is 5.11 Å². The highest BCUT2D eigenvalue weighted by molar-refractivity contribution is 5.59. The number of rotatable bonds is 4. The van der Waals surface area contributed by atoms with Crippen molar-refractivity contribution in [1.29, 1.82) is 0 Å². The Hall–Kier alpha value is -2.82. The van der Waals surface area contributed by atoms with Gasteiger partial charge in [0, 0.05) is 30.4 Å². The maximum Gasteiger partial charge on any atom is 0.163 e. The topological polar surface area (TPSA) is 63.0 Å². The summed E-state index contributed by atoms with van der Waals surface area (Å²) in [5.41, 5.74) is 2.88. The fourth-order valence-electron chi connectivity index (χ4n) is 2.14. The van der Waals surface area contributed by atoms with Gasteiger partial charge in [0.2, 0.25) is 0 Å². The first-order chi connectivity index (χ1) is 10.2. The molecule has 2 N–H and O–H groups in total. The van der Waals surface area contributed by atoms with E-state index < -0.39 is 0 Å². The van der Waals surface area contributed by atoms with Gasteiger partial charge in [0.25, 0.3) is 0 Å². The van der Waals surface area contributed by atoms with Crippen LogP contribution in [0.5, 0.6) is 5.75 Å². The van der Waals surface area contributed by atoms with Crippen LogP contribution in [-0.4, -0.2) is 19.9 Å². The molecule has 0 atom stereocenters. The maximum atomic E-state index is 9.73. The van der Waals surface area contributed by atoms with E-state index in [1.165, 1.54) is 0 Å². The van der Waals surface area contributed by atoms with E-state index in [1.807, 2.05) is 54.1 Å². The van der Waals surface area contributed by atoms with Gasteiger partial charge in [-0.3, -0.25) is 0 Å². The van der Waals surface area contributed by atoms with Crippen LogP contribution in [0.3, 0.4) is 0 Å². The molecular weight excluding hydrogens is 264 g/mol. The van der Waals surface area contributed by atoms with Crippen molar-refractivity contribution in [3.63, 3.8) is 0 Å². The molecule has 0 aliphatic carbocycles. The van der Waals surface area contributed by atoms with Crippen molar-refractivity contribution >= 4 is 5.69 Å². The third kappa shape index (κ3) is 2.86. The van der Waals surface area contributed by atoms with Crippen LogP contribution in [0.1, 0.15) is 5.56 Å². The zero-order valence-electron chi connectivity index (χ0n) is 11.7. The molecule has 0 unspecified atom stereocenters. The van der Waals surface area contributed by atoms with E-state index >= 15 is 0 Å². The van der Waals surface area contributed by atoms with Crippen molar-refractivity contribution in [3.05, 3.63) is 60.4 Å². The quantitative estimate of drug-likeness (QED) is 0.771. The van der Waals surface area contributed by atoms with Crippen LogP contribution in [0.4, 0.5) is 5.69 Å². The van der Waals surface area contributed by atoms with Crippen molar-refractivity contribution in [2.24, 2.45) is 7.05 Å². The number of aromatic hydroxyl groups is 1. The summed E-state index contributed by atoms with van der Waals surface area (Å²) in [6.07, 6.45) is 1.68. The number of nitrogens with zero attached hydrogens (tertiary/aromatic N) is 3. The molecule has 0 bridgehead atoms. The Morgan fingerprint density at radius 1 is 1.10 bits per heavy atom. The number of hydrogen-bond acceptors (Lipinski definition) is 4. The van der Waals surface area contributed by atoms with E-state index in [0.29, 0.717) is 12.3 Å². The Kier molecular flexibility index (Phi) is 3.55. The van der Waals surface area contributed by atoms with E-state index in [9.17, 15) is 5.11 Å². The molecule has 106 valence electrons. The van der Waals surface area contributed by atoms with Gasteiger partial charge in [0.05, 0.1) is 0 Å². The zero-order chi connectivity index (χ0) is 14.7. The molecule has 21 heavy (non-hydrogen) atoms. The first kappa shape index (κ1) is 13.2. The minimum absolute atomic E-state index is 0.306. The van der Waals surface area contributed by atoms with Crippen LogP contribution >= 0.6 is 0 Å². The summed E-state index contributed by atoms with van der Waals surface area (Å²) in [4.78, 5) is 0. The Morgan fingerprint density at radius 3 is 2.52 bits per heavy atom. The van der Waals surface area contributed by atoms with Crippen molar-refractivity contribution in [1.82, 2.24) is 14.8 Å². The number of benzene rings is 2. The van der Waals surface area contributed by atoms with Gasteiger partial charge < -0.3 is 15.0 Å². The van der Waals surface area contributed by atoms with Crippen LogP contribution in [0.25, 0.3) is 11.4 Å². The van der Waals surface area contributed by atoms with Gasteiger partial charge in [-0.05, 0) is 30.3 Å². The molecule has 0 saturated carbocycles. The second-order valence-electron chi connectivity index (χ2n) is 4.83. The van der Waals surface area contributed by atoms with E-state index in [2.05, 4.69) is 15.5 Å². The molecule has 1 aromatic heterocycles. The number of para-hydroxylation sites is 1. The number of phenols is 1. The fraction of sp³-hybridized carbons (Fsp3) is 0.125. The number of anilines is 1. The van der Waals surface area contributed by atoms with Gasteiger partial charge in [0.15, 0.2) is 5.82 Å². The lowest BCUT2D eigenvalue weighted by molar-refractivity contribution is 0.469. The van der Waals surface area contributed by atoms with Gasteiger partial charge >= 0.3 is 0 Å². The minimum Gasteiger partial charge on any atom is -0.508 e. The Bertz CT molecular complexity index is 734. The van der Waals surface area contributed by atoms with Crippen LogP contribution in [0.15, 0.2) is 54.9 Å². The summed E-state index contributed by atoms with van der Waals surface area (Å²) in [5, 5.41) is 21.0. The molecule has 2 aromatic carbocycles. The maximum absolute atomic E-state index is 9.73. The molecule has 1 heterocycles. The lowest BCUT2D eigenvalue weighted by Crippen LogP contribution is -1.99. The molecular formula is C16H16N4O. The molecule has 0 spiro atoms. The predicted molar refractivity (Wildman–Crippen MR) is 81.9 cm³/mol. The summed E-state index contributed by atoms with van der Waals surface area (Å²) in [5.74, 6) is 1.14. The van der Waals surface area contributed by atoms with Crippen molar-refractivity contribution in [2.45, 2.75) is 6.54 Å². The van der Waals surface area contributed by atoms with Crippen LogP contribution < -0.4 is 5.32 Å². The Balaban J connectivity index is 1.71. The van der Waals surface area contributed by atoms with Crippen molar-refractivity contribution in [3.8, 4) is 17.1 Å². The highest BCUT2D eigenvalue weighted by Crippen LogP contribution is 2.21. The molecule has 3 aromatic rings. The summed E-state index contributed by atoms with van der Waals surface area (Å²) >= 11 is 0. The predicted octanol–water partition coefficient (Wildman–Crippen LogP) is 2.80. The first-order valence-electron chi connectivity index (χ1n) is 6.69. The molecule has 0 aliphatic heterocycles. The Morgan fingerprint density at radius 2 is 1.86 bits per heavy atom. The number of aromatic nitrogens is 3. The molecule has 3 rings (SSSR count). The van der Waals surface area contributed by atoms with E-state index in [1.54, 1.807) is 12.4 Å². The van der Waals surface area contributed by atoms with Gasteiger partial charge in [-0.25, -0.2) is 0 Å². The minimum atomic E-state index is 0.306. The standard InChI is InChI=1S/C16H16N4O/c1-20-11-18-19-16(20)12-6-8-14(9-7-12)17-10-13-4-2-3-5-15(13)21/h2-9,11,17,21H,10H2,1H3. The molecule has 0 fully saturated rings. The molecule has 0 amide bonds. The van der Waals surface area contributed by atoms with Gasteiger partial charge in [-0.15, -0.1) is 10.2 Å². The zero-order valence-corrected chi connectivity index (χ0v) is 11.7. The number of nitrogens with one attached hydrogen (secondary N) is 1. The second-order valence-corrected chi connectivity index (χ2v) is 4.83. The van der Waals surface area contributed by atoms with Gasteiger partial charge in [-0.1, -0.05) is 18.2 Å². The number of aryl methyl sites for hydroxylation is 1. The van der Waals surface area contributed by atoms with Gasteiger partial charge in [0.1, 0.15) is 12.1 Å². The number of phenolic OH excluding ortho intramolecular Hbond substituents is 1. The fourth-order valence-corrected chi connectivity index (χ4v) is 2.14. The highest BCUT2D eigenvalue weighted by atomic mass is 16.3. The lowest BCUT2D eigenvalue weighted by Gasteiger charge is -2.08. The van der Waals surface area contributed by atoms with E-state index in [0.717, 1.165) is 22.6 Å². The molecule has 0 radical (unpaired) electrons. The van der Waals surface area contributed by atoms with E-state index in [-0.39, 0.29) is 0 Å². The van der Waals surface area contributed by atoms with Crippen molar-refractivity contribution in [2.75, 3.05) is 5.32 Å². The summed E-state index contributed by atoms with van der Waals surface area (Å²) in [6.45, 7) is 0.579.